The van der Waals surface area contributed by atoms with Gasteiger partial charge in [-0.15, -0.1) is 0 Å². The Morgan fingerprint density at radius 1 is 1.46 bits per heavy atom. The van der Waals surface area contributed by atoms with E-state index < -0.39 is 0 Å². The molecule has 4 nitrogen and oxygen atoms in total. The molecule has 0 saturated carbocycles. The summed E-state index contributed by atoms with van der Waals surface area (Å²) in [5, 5.41) is 0.771. The maximum absolute atomic E-state index is 11.2. The highest BCUT2D eigenvalue weighted by atomic mass is 32.2. The third kappa shape index (κ3) is 1.33. The van der Waals surface area contributed by atoms with Crippen molar-refractivity contribution in [1.82, 2.24) is 4.90 Å². The van der Waals surface area contributed by atoms with E-state index in [1.54, 1.807) is 7.05 Å². The molecule has 13 heavy (non-hydrogen) atoms. The molecule has 0 radical (unpaired) electrons. The minimum Gasteiger partial charge on any atom is -0.462 e. The van der Waals surface area contributed by atoms with Crippen molar-refractivity contribution in [1.29, 1.82) is 0 Å². The van der Waals surface area contributed by atoms with E-state index in [-0.39, 0.29) is 11.9 Å². The summed E-state index contributed by atoms with van der Waals surface area (Å²) in [5.74, 6) is 0.207. The Morgan fingerprint density at radius 3 is 2.69 bits per heavy atom. The predicted molar refractivity (Wildman–Crippen MR) is 47.8 cm³/mol. The first-order valence-electron chi connectivity index (χ1n) is 4.00. The zero-order valence-corrected chi connectivity index (χ0v) is 8.02. The van der Waals surface area contributed by atoms with Gasteiger partial charge in [-0.05, 0) is 0 Å². The van der Waals surface area contributed by atoms with E-state index in [0.29, 0.717) is 24.4 Å². The summed E-state index contributed by atoms with van der Waals surface area (Å²) in [4.78, 5) is 23.9. The van der Waals surface area contributed by atoms with Crippen molar-refractivity contribution in [2.24, 2.45) is 0 Å². The number of rotatable bonds is 0. The van der Waals surface area contributed by atoms with Gasteiger partial charge in [0.05, 0.1) is 23.0 Å². The topological polar surface area (TPSA) is 46.6 Å². The Kier molecular flexibility index (Phi) is 2.03. The number of nitrogens with zero attached hydrogens (tertiary/aromatic N) is 1. The van der Waals surface area contributed by atoms with Gasteiger partial charge in [-0.25, -0.2) is 4.79 Å². The van der Waals surface area contributed by atoms with E-state index in [1.807, 2.05) is 0 Å². The second kappa shape index (κ2) is 3.06. The number of ether oxygens (including phenoxy) is 1. The van der Waals surface area contributed by atoms with Crippen LogP contribution in [0.5, 0.6) is 0 Å². The van der Waals surface area contributed by atoms with Crippen LogP contribution in [-0.4, -0.2) is 36.2 Å². The minimum atomic E-state index is -0.274. The molecule has 0 bridgehead atoms. The number of hydrogen-bond donors (Lipinski definition) is 0. The van der Waals surface area contributed by atoms with Crippen molar-refractivity contribution < 1.29 is 14.3 Å². The molecule has 0 aliphatic carbocycles. The Morgan fingerprint density at radius 2 is 2.23 bits per heavy atom. The Balaban J connectivity index is 2.33. The predicted octanol–water partition coefficient (Wildman–Crippen LogP) is 0.350. The van der Waals surface area contributed by atoms with Gasteiger partial charge in [0.25, 0.3) is 0 Å². The van der Waals surface area contributed by atoms with Gasteiger partial charge in [0, 0.05) is 13.5 Å². The summed E-state index contributed by atoms with van der Waals surface area (Å²) in [5.41, 5.74) is 0.651. The molecule has 2 saturated heterocycles. The number of esters is 1. The van der Waals surface area contributed by atoms with Crippen LogP contribution in [0.4, 0.5) is 0 Å². The Bertz CT molecular complexity index is 311. The van der Waals surface area contributed by atoms with Crippen LogP contribution in [0.25, 0.3) is 0 Å². The lowest BCUT2D eigenvalue weighted by atomic mass is 10.2. The van der Waals surface area contributed by atoms with Gasteiger partial charge in [0.2, 0.25) is 5.91 Å². The molecule has 2 fully saturated rings. The average Bonchev–Trinajstić information content (AvgIpc) is 2.62. The number of hydrogen-bond acceptors (Lipinski definition) is 4. The van der Waals surface area contributed by atoms with E-state index in [9.17, 15) is 9.59 Å². The average molecular weight is 199 g/mol. The maximum atomic E-state index is 11.2. The van der Waals surface area contributed by atoms with E-state index in [2.05, 4.69) is 0 Å². The first-order valence-corrected chi connectivity index (χ1v) is 4.98. The molecular formula is C8H9NO3S. The Labute approximate surface area is 79.9 Å². The van der Waals surface area contributed by atoms with Crippen molar-refractivity contribution in [2.45, 2.75) is 6.42 Å². The van der Waals surface area contributed by atoms with Crippen molar-refractivity contribution in [3.8, 4) is 0 Å². The van der Waals surface area contributed by atoms with E-state index in [4.69, 9.17) is 4.74 Å². The summed E-state index contributed by atoms with van der Waals surface area (Å²) < 4.78 is 4.81. The van der Waals surface area contributed by atoms with Crippen molar-refractivity contribution in [3.05, 3.63) is 10.6 Å². The fourth-order valence-corrected chi connectivity index (χ4v) is 2.46. The van der Waals surface area contributed by atoms with Crippen LogP contribution in [0.15, 0.2) is 10.6 Å². The van der Waals surface area contributed by atoms with E-state index in [0.717, 1.165) is 5.03 Å². The zero-order valence-electron chi connectivity index (χ0n) is 7.20. The van der Waals surface area contributed by atoms with Gasteiger partial charge in [-0.2, -0.15) is 0 Å². The van der Waals surface area contributed by atoms with Gasteiger partial charge in [0.15, 0.2) is 0 Å². The monoisotopic (exact) mass is 199 g/mol. The molecule has 0 spiro atoms. The van der Waals surface area contributed by atoms with Gasteiger partial charge < -0.3 is 9.64 Å². The van der Waals surface area contributed by atoms with Crippen LogP contribution in [0.1, 0.15) is 6.42 Å². The lowest BCUT2D eigenvalue weighted by Crippen LogP contribution is -2.20. The van der Waals surface area contributed by atoms with Gasteiger partial charge in [0.1, 0.15) is 0 Å². The molecule has 0 N–H and O–H groups in total. The number of cyclic esters (lactones) is 1. The van der Waals surface area contributed by atoms with Crippen LogP contribution in [0.2, 0.25) is 0 Å². The Hall–Kier alpha value is -0.970. The molecule has 0 unspecified atom stereocenters. The van der Waals surface area contributed by atoms with Gasteiger partial charge >= 0.3 is 5.97 Å². The molecule has 0 aromatic rings. The van der Waals surface area contributed by atoms with E-state index in [1.165, 1.54) is 16.7 Å². The third-order valence-corrected chi connectivity index (χ3v) is 3.29. The number of carbonyl (C=O) groups excluding carboxylic acids is 2. The molecule has 2 aliphatic heterocycles. The molecule has 70 valence electrons. The smallest absolute Gasteiger partial charge is 0.336 e. The van der Waals surface area contributed by atoms with Crippen LogP contribution in [0, 0.1) is 0 Å². The molecule has 0 aromatic carbocycles. The standard InChI is InChI=1S/C8H9NO3S/c1-9-6(10)4-13-7(9)5-2-3-12-8(5)11/h2-4H2,1H3/b7-5-. The molecule has 2 rings (SSSR count). The second-order valence-corrected chi connectivity index (χ2v) is 3.88. The first-order chi connectivity index (χ1) is 6.20. The molecule has 0 aromatic heterocycles. The quantitative estimate of drug-likeness (QED) is 0.417. The van der Waals surface area contributed by atoms with Crippen LogP contribution in [-0.2, 0) is 14.3 Å². The third-order valence-electron chi connectivity index (χ3n) is 2.10. The zero-order chi connectivity index (χ0) is 9.42. The normalized spacial score (nSPS) is 28.5. The van der Waals surface area contributed by atoms with Crippen molar-refractivity contribution in [3.63, 3.8) is 0 Å². The fraction of sp³-hybridized carbons (Fsp3) is 0.500. The summed E-state index contributed by atoms with van der Waals surface area (Å²) in [6.07, 6.45) is 0.624. The SMILES string of the molecule is CN1C(=O)CS/C1=C1/CCOC1=O. The lowest BCUT2D eigenvalue weighted by molar-refractivity contribution is -0.135. The highest BCUT2D eigenvalue weighted by Gasteiger charge is 2.31. The minimum absolute atomic E-state index is 0.0483. The highest BCUT2D eigenvalue weighted by molar-refractivity contribution is 8.04. The summed E-state index contributed by atoms with van der Waals surface area (Å²) >= 11 is 1.41. The van der Waals surface area contributed by atoms with Gasteiger partial charge in [-0.3, -0.25) is 4.79 Å². The van der Waals surface area contributed by atoms with E-state index >= 15 is 0 Å². The highest BCUT2D eigenvalue weighted by Crippen LogP contribution is 2.33. The van der Waals surface area contributed by atoms with Crippen LogP contribution < -0.4 is 0 Å². The molecular weight excluding hydrogens is 190 g/mol. The molecule has 5 heteroatoms. The summed E-state index contributed by atoms with van der Waals surface area (Å²) in [6, 6.07) is 0. The van der Waals surface area contributed by atoms with Gasteiger partial charge in [-0.1, -0.05) is 11.8 Å². The summed E-state index contributed by atoms with van der Waals surface area (Å²) in [7, 11) is 1.69. The first kappa shape index (κ1) is 8.62. The fourth-order valence-electron chi connectivity index (χ4n) is 1.36. The molecule has 1 amide bonds. The van der Waals surface area contributed by atoms with Crippen LogP contribution >= 0.6 is 11.8 Å². The number of amides is 1. The molecule has 2 heterocycles. The second-order valence-electron chi connectivity index (χ2n) is 2.91. The number of thioether (sulfide) groups is 1. The van der Waals surface area contributed by atoms with Crippen LogP contribution in [0.3, 0.4) is 0 Å². The molecule has 2 aliphatic rings. The lowest BCUT2D eigenvalue weighted by Gasteiger charge is -2.10. The number of carbonyl (C=O) groups is 2. The maximum Gasteiger partial charge on any atom is 0.336 e. The largest absolute Gasteiger partial charge is 0.462 e. The van der Waals surface area contributed by atoms with Crippen molar-refractivity contribution in [2.75, 3.05) is 19.4 Å². The summed E-state index contributed by atoms with van der Waals surface area (Å²) in [6.45, 7) is 0.445. The molecule has 0 atom stereocenters. The van der Waals surface area contributed by atoms with Crippen molar-refractivity contribution >= 4 is 23.6 Å².